The van der Waals surface area contributed by atoms with Gasteiger partial charge in [0.15, 0.2) is 9.84 Å². The fraction of sp³-hybridized carbons (Fsp3) is 0.136. The molecule has 0 fully saturated rings. The van der Waals surface area contributed by atoms with E-state index in [1.165, 1.54) is 18.3 Å². The van der Waals surface area contributed by atoms with Crippen LogP contribution < -0.4 is 10.6 Å². The number of nitrogens with zero attached hydrogens (tertiary/aromatic N) is 1. The Labute approximate surface area is 175 Å². The summed E-state index contributed by atoms with van der Waals surface area (Å²) in [5.74, 6) is -0.872. The Kier molecular flexibility index (Phi) is 6.92. The molecule has 0 radical (unpaired) electrons. The van der Waals surface area contributed by atoms with E-state index in [1.54, 1.807) is 66.9 Å². The maximum Gasteiger partial charge on any atom is 0.251 e. The fourth-order valence-electron chi connectivity index (χ4n) is 2.87. The first-order valence-electron chi connectivity index (χ1n) is 9.27. The highest BCUT2D eigenvalue weighted by molar-refractivity contribution is 7.91. The second kappa shape index (κ2) is 9.80. The van der Waals surface area contributed by atoms with Crippen molar-refractivity contribution in [2.45, 2.75) is 10.1 Å². The van der Waals surface area contributed by atoms with E-state index in [-0.39, 0.29) is 23.9 Å². The fourth-order valence-corrected chi connectivity index (χ4v) is 4.53. The predicted molar refractivity (Wildman–Crippen MR) is 112 cm³/mol. The minimum absolute atomic E-state index is 0.150. The standard InChI is InChI=1S/C22H21N3O4S/c26-21(16-25-22(27)17-8-3-1-4-9-17)24-15-20(18-10-7-13-23-14-18)30(28,29)19-11-5-2-6-12-19/h1-14,20H,15-16H2,(H,24,26)(H,25,27)/t20-/m1/s1. The average Bonchev–Trinajstić information content (AvgIpc) is 2.79. The first kappa shape index (κ1) is 21.2. The lowest BCUT2D eigenvalue weighted by Gasteiger charge is -2.19. The van der Waals surface area contributed by atoms with Crippen molar-refractivity contribution in [2.24, 2.45) is 0 Å². The molecule has 1 aromatic heterocycles. The molecule has 0 aliphatic rings. The Bertz CT molecular complexity index is 1090. The molecule has 3 aromatic rings. The van der Waals surface area contributed by atoms with Crippen LogP contribution >= 0.6 is 0 Å². The molecule has 30 heavy (non-hydrogen) atoms. The van der Waals surface area contributed by atoms with Crippen LogP contribution in [-0.2, 0) is 14.6 Å². The molecule has 0 aliphatic carbocycles. The molecule has 0 bridgehead atoms. The van der Waals surface area contributed by atoms with Crippen LogP contribution in [0.4, 0.5) is 0 Å². The van der Waals surface area contributed by atoms with Crippen molar-refractivity contribution >= 4 is 21.7 Å². The molecule has 154 valence electrons. The van der Waals surface area contributed by atoms with Gasteiger partial charge >= 0.3 is 0 Å². The molecule has 2 aromatic carbocycles. The Morgan fingerprint density at radius 3 is 2.17 bits per heavy atom. The Balaban J connectivity index is 1.68. The van der Waals surface area contributed by atoms with Gasteiger partial charge in [0.05, 0.1) is 11.4 Å². The number of aromatic nitrogens is 1. The van der Waals surface area contributed by atoms with E-state index in [0.717, 1.165) is 0 Å². The molecule has 8 heteroatoms. The molecular weight excluding hydrogens is 402 g/mol. The van der Waals surface area contributed by atoms with Crippen LogP contribution in [0.3, 0.4) is 0 Å². The number of hydrogen-bond donors (Lipinski definition) is 2. The van der Waals surface area contributed by atoms with E-state index in [4.69, 9.17) is 0 Å². The SMILES string of the molecule is O=C(CNC(=O)c1ccccc1)NC[C@H](c1cccnc1)S(=O)(=O)c1ccccc1. The maximum absolute atomic E-state index is 13.1. The van der Waals surface area contributed by atoms with Gasteiger partial charge in [-0.15, -0.1) is 0 Å². The number of hydrogen-bond acceptors (Lipinski definition) is 5. The van der Waals surface area contributed by atoms with Gasteiger partial charge < -0.3 is 10.6 Å². The number of rotatable bonds is 8. The van der Waals surface area contributed by atoms with Crippen LogP contribution in [0.1, 0.15) is 21.2 Å². The Morgan fingerprint density at radius 2 is 1.53 bits per heavy atom. The first-order valence-corrected chi connectivity index (χ1v) is 10.8. The first-order chi connectivity index (χ1) is 14.5. The third-order valence-electron chi connectivity index (χ3n) is 4.43. The minimum atomic E-state index is -3.77. The zero-order chi connectivity index (χ0) is 21.4. The van der Waals surface area contributed by atoms with E-state index in [1.807, 2.05) is 0 Å². The van der Waals surface area contributed by atoms with Crippen LogP contribution in [0, 0.1) is 0 Å². The lowest BCUT2D eigenvalue weighted by atomic mass is 10.2. The monoisotopic (exact) mass is 423 g/mol. The van der Waals surface area contributed by atoms with Gasteiger partial charge in [-0.2, -0.15) is 0 Å². The highest BCUT2D eigenvalue weighted by Crippen LogP contribution is 2.27. The summed E-state index contributed by atoms with van der Waals surface area (Å²) in [5, 5.41) is 4.11. The molecule has 1 atom stereocenters. The van der Waals surface area contributed by atoms with Crippen molar-refractivity contribution in [3.63, 3.8) is 0 Å². The lowest BCUT2D eigenvalue weighted by Crippen LogP contribution is -2.39. The zero-order valence-electron chi connectivity index (χ0n) is 16.1. The van der Waals surface area contributed by atoms with Crippen molar-refractivity contribution in [3.8, 4) is 0 Å². The highest BCUT2D eigenvalue weighted by atomic mass is 32.2. The molecule has 0 unspecified atom stereocenters. The summed E-state index contributed by atoms with van der Waals surface area (Å²) in [6.07, 6.45) is 3.02. The van der Waals surface area contributed by atoms with Gasteiger partial charge in [-0.3, -0.25) is 14.6 Å². The van der Waals surface area contributed by atoms with Crippen LogP contribution in [-0.4, -0.2) is 38.3 Å². The van der Waals surface area contributed by atoms with Crippen molar-refractivity contribution in [1.82, 2.24) is 15.6 Å². The average molecular weight is 423 g/mol. The molecule has 2 amide bonds. The van der Waals surface area contributed by atoms with Gasteiger partial charge in [0.1, 0.15) is 5.25 Å². The zero-order valence-corrected chi connectivity index (χ0v) is 16.9. The van der Waals surface area contributed by atoms with Gasteiger partial charge in [-0.1, -0.05) is 42.5 Å². The van der Waals surface area contributed by atoms with Crippen molar-refractivity contribution in [2.75, 3.05) is 13.1 Å². The van der Waals surface area contributed by atoms with E-state index in [0.29, 0.717) is 11.1 Å². The summed E-state index contributed by atoms with van der Waals surface area (Å²) in [7, 11) is -3.77. The summed E-state index contributed by atoms with van der Waals surface area (Å²) in [6, 6.07) is 19.9. The van der Waals surface area contributed by atoms with Gasteiger partial charge in [-0.25, -0.2) is 8.42 Å². The van der Waals surface area contributed by atoms with Crippen molar-refractivity contribution < 1.29 is 18.0 Å². The van der Waals surface area contributed by atoms with Crippen LogP contribution in [0.5, 0.6) is 0 Å². The number of pyridine rings is 1. The Morgan fingerprint density at radius 1 is 0.867 bits per heavy atom. The Hall–Kier alpha value is -3.52. The number of carbonyl (C=O) groups excluding carboxylic acids is 2. The summed E-state index contributed by atoms with van der Waals surface area (Å²) in [6.45, 7) is -0.415. The number of nitrogens with one attached hydrogen (secondary N) is 2. The summed E-state index contributed by atoms with van der Waals surface area (Å²) < 4.78 is 26.3. The van der Waals surface area contributed by atoms with Crippen LogP contribution in [0.2, 0.25) is 0 Å². The second-order valence-electron chi connectivity index (χ2n) is 6.49. The molecule has 0 saturated carbocycles. The quantitative estimate of drug-likeness (QED) is 0.578. The van der Waals surface area contributed by atoms with Crippen LogP contribution in [0.15, 0.2) is 90.1 Å². The number of benzene rings is 2. The smallest absolute Gasteiger partial charge is 0.251 e. The third-order valence-corrected chi connectivity index (χ3v) is 6.55. The van der Waals surface area contributed by atoms with E-state index in [9.17, 15) is 18.0 Å². The number of amides is 2. The number of sulfone groups is 1. The predicted octanol–water partition coefficient (Wildman–Crippen LogP) is 2.14. The molecule has 2 N–H and O–H groups in total. The molecule has 3 rings (SSSR count). The number of carbonyl (C=O) groups is 2. The largest absolute Gasteiger partial charge is 0.353 e. The van der Waals surface area contributed by atoms with Crippen LogP contribution in [0.25, 0.3) is 0 Å². The summed E-state index contributed by atoms with van der Waals surface area (Å²) >= 11 is 0. The van der Waals surface area contributed by atoms with Crippen molar-refractivity contribution in [3.05, 3.63) is 96.3 Å². The van der Waals surface area contributed by atoms with Gasteiger partial charge in [0, 0.05) is 24.5 Å². The van der Waals surface area contributed by atoms with Gasteiger partial charge in [0.2, 0.25) is 5.91 Å². The molecular formula is C22H21N3O4S. The summed E-state index contributed by atoms with van der Waals surface area (Å²) in [5.41, 5.74) is 0.903. The highest BCUT2D eigenvalue weighted by Gasteiger charge is 2.29. The van der Waals surface area contributed by atoms with E-state index in [2.05, 4.69) is 15.6 Å². The molecule has 0 saturated heterocycles. The van der Waals surface area contributed by atoms with Gasteiger partial charge in [0.25, 0.3) is 5.91 Å². The topological polar surface area (TPSA) is 105 Å². The maximum atomic E-state index is 13.1. The molecule has 7 nitrogen and oxygen atoms in total. The minimum Gasteiger partial charge on any atom is -0.353 e. The van der Waals surface area contributed by atoms with E-state index < -0.39 is 21.0 Å². The summed E-state index contributed by atoms with van der Waals surface area (Å²) in [4.78, 5) is 28.5. The van der Waals surface area contributed by atoms with Crippen molar-refractivity contribution in [1.29, 1.82) is 0 Å². The van der Waals surface area contributed by atoms with Gasteiger partial charge in [-0.05, 0) is 35.9 Å². The normalized spacial score (nSPS) is 12.0. The molecule has 0 spiro atoms. The molecule has 0 aliphatic heterocycles. The lowest BCUT2D eigenvalue weighted by molar-refractivity contribution is -0.120. The second-order valence-corrected chi connectivity index (χ2v) is 8.62. The van der Waals surface area contributed by atoms with E-state index >= 15 is 0 Å². The third kappa shape index (κ3) is 5.30. The molecule has 1 heterocycles.